The van der Waals surface area contributed by atoms with E-state index in [2.05, 4.69) is 57.6 Å². The first-order chi connectivity index (χ1) is 14.2. The van der Waals surface area contributed by atoms with Crippen LogP contribution in [0.5, 0.6) is 0 Å². The van der Waals surface area contributed by atoms with Gasteiger partial charge < -0.3 is 20.3 Å². The van der Waals surface area contributed by atoms with Gasteiger partial charge in [-0.3, -0.25) is 4.99 Å². The molecule has 1 saturated heterocycles. The summed E-state index contributed by atoms with van der Waals surface area (Å²) in [6, 6.07) is 12.5. The van der Waals surface area contributed by atoms with Crippen LogP contribution in [0.4, 0.5) is 5.82 Å². The highest BCUT2D eigenvalue weighted by atomic mass is 16.5. The van der Waals surface area contributed by atoms with Crippen molar-refractivity contribution >= 4 is 11.8 Å². The molecule has 6 nitrogen and oxygen atoms in total. The molecule has 1 aliphatic rings. The van der Waals surface area contributed by atoms with Gasteiger partial charge in [-0.25, -0.2) is 4.98 Å². The molecule has 156 valence electrons. The second kappa shape index (κ2) is 10.8. The summed E-state index contributed by atoms with van der Waals surface area (Å²) < 4.78 is 6.07. The quantitative estimate of drug-likeness (QED) is 0.427. The third-order valence-electron chi connectivity index (χ3n) is 5.21. The molecule has 0 bridgehead atoms. The smallest absolute Gasteiger partial charge is 0.193 e. The maximum absolute atomic E-state index is 6.07. The Bertz CT molecular complexity index is 793. The molecule has 6 heteroatoms. The first-order valence-electron chi connectivity index (χ1n) is 10.5. The first kappa shape index (κ1) is 21.1. The molecule has 2 aromatic rings. The Morgan fingerprint density at radius 2 is 2.07 bits per heavy atom. The Morgan fingerprint density at radius 3 is 2.83 bits per heavy atom. The van der Waals surface area contributed by atoms with Gasteiger partial charge in [0.05, 0.1) is 13.2 Å². The zero-order valence-electron chi connectivity index (χ0n) is 17.8. The number of anilines is 1. The molecule has 0 saturated carbocycles. The van der Waals surface area contributed by atoms with Crippen molar-refractivity contribution in [3.63, 3.8) is 0 Å². The highest BCUT2D eigenvalue weighted by Crippen LogP contribution is 2.25. The van der Waals surface area contributed by atoms with E-state index in [0.717, 1.165) is 50.8 Å². The molecule has 29 heavy (non-hydrogen) atoms. The molecule has 1 fully saturated rings. The molecule has 1 aromatic carbocycles. The Kier molecular flexibility index (Phi) is 7.87. The maximum Gasteiger partial charge on any atom is 0.193 e. The molecule has 1 aromatic heterocycles. The topological polar surface area (TPSA) is 61.8 Å². The number of hydrogen-bond acceptors (Lipinski definition) is 4. The highest BCUT2D eigenvalue weighted by molar-refractivity contribution is 5.80. The van der Waals surface area contributed by atoms with Crippen molar-refractivity contribution in [1.29, 1.82) is 0 Å². The van der Waals surface area contributed by atoms with Crippen molar-refractivity contribution in [1.82, 2.24) is 15.2 Å². The van der Waals surface area contributed by atoms with E-state index in [9.17, 15) is 0 Å². The van der Waals surface area contributed by atoms with E-state index in [1.807, 2.05) is 31.4 Å². The number of nitrogens with one attached hydrogen (secondary N) is 2. The molecule has 1 atom stereocenters. The van der Waals surface area contributed by atoms with Crippen LogP contribution in [0, 0.1) is 13.8 Å². The van der Waals surface area contributed by atoms with Gasteiger partial charge in [-0.1, -0.05) is 29.8 Å². The van der Waals surface area contributed by atoms with Crippen molar-refractivity contribution in [3.05, 3.63) is 59.3 Å². The number of benzene rings is 1. The van der Waals surface area contributed by atoms with Crippen molar-refractivity contribution < 1.29 is 4.74 Å². The Balaban J connectivity index is 1.43. The van der Waals surface area contributed by atoms with Crippen LogP contribution in [0.25, 0.3) is 0 Å². The van der Waals surface area contributed by atoms with Gasteiger partial charge in [0.2, 0.25) is 0 Å². The van der Waals surface area contributed by atoms with Crippen LogP contribution in [0.15, 0.2) is 47.6 Å². The van der Waals surface area contributed by atoms with E-state index in [0.29, 0.717) is 6.61 Å². The minimum Gasteiger partial charge on any atom is -0.370 e. The molecule has 1 aliphatic heterocycles. The summed E-state index contributed by atoms with van der Waals surface area (Å²) in [7, 11) is 1.85. The van der Waals surface area contributed by atoms with E-state index < -0.39 is 0 Å². The van der Waals surface area contributed by atoms with Crippen molar-refractivity contribution in [2.45, 2.75) is 32.8 Å². The fraction of sp³-hybridized carbons (Fsp3) is 0.478. The molecule has 0 amide bonds. The van der Waals surface area contributed by atoms with Gasteiger partial charge >= 0.3 is 0 Å². The monoisotopic (exact) mass is 395 g/mol. The summed E-state index contributed by atoms with van der Waals surface area (Å²) in [5, 5.41) is 6.86. The summed E-state index contributed by atoms with van der Waals surface area (Å²) in [6.45, 7) is 8.52. The molecule has 0 aliphatic carbocycles. The molecule has 0 spiro atoms. The van der Waals surface area contributed by atoms with Crippen molar-refractivity contribution in [3.8, 4) is 0 Å². The number of guanidine groups is 1. The number of pyridine rings is 1. The number of rotatable bonds is 7. The number of hydrogen-bond donors (Lipinski definition) is 2. The highest BCUT2D eigenvalue weighted by Gasteiger charge is 2.25. The van der Waals surface area contributed by atoms with Gasteiger partial charge in [-0.15, -0.1) is 0 Å². The van der Waals surface area contributed by atoms with E-state index in [-0.39, 0.29) is 6.10 Å². The van der Waals surface area contributed by atoms with Gasteiger partial charge in [0.1, 0.15) is 11.9 Å². The van der Waals surface area contributed by atoms with Crippen LogP contribution in [-0.2, 0) is 4.74 Å². The summed E-state index contributed by atoms with van der Waals surface area (Å²) in [5.74, 6) is 1.89. The van der Waals surface area contributed by atoms with E-state index in [4.69, 9.17) is 4.74 Å². The van der Waals surface area contributed by atoms with Crippen LogP contribution in [-0.4, -0.2) is 55.7 Å². The Hall–Kier alpha value is -2.60. The third kappa shape index (κ3) is 6.19. The van der Waals surface area contributed by atoms with E-state index in [1.54, 1.807) is 0 Å². The van der Waals surface area contributed by atoms with Crippen LogP contribution in [0.3, 0.4) is 0 Å². The lowest BCUT2D eigenvalue weighted by Crippen LogP contribution is -2.48. The fourth-order valence-electron chi connectivity index (χ4n) is 3.68. The summed E-state index contributed by atoms with van der Waals surface area (Å²) >= 11 is 0. The molecule has 3 rings (SSSR count). The second-order valence-electron chi connectivity index (χ2n) is 7.49. The van der Waals surface area contributed by atoms with E-state index >= 15 is 0 Å². The zero-order valence-corrected chi connectivity index (χ0v) is 17.8. The van der Waals surface area contributed by atoms with Gasteiger partial charge in [0, 0.05) is 32.9 Å². The summed E-state index contributed by atoms with van der Waals surface area (Å²) in [5.41, 5.74) is 3.85. The largest absolute Gasteiger partial charge is 0.370 e. The molecular formula is C23H33N5O. The van der Waals surface area contributed by atoms with Gasteiger partial charge in [-0.05, 0) is 49.9 Å². The number of nitrogens with zero attached hydrogens (tertiary/aromatic N) is 3. The van der Waals surface area contributed by atoms with Gasteiger partial charge in [0.25, 0.3) is 0 Å². The molecule has 2 heterocycles. The first-order valence-corrected chi connectivity index (χ1v) is 10.5. The zero-order chi connectivity index (χ0) is 20.5. The SMILES string of the molecule is CN=C(NCCCCNc1ccccn1)N1CCOC(c2ccc(C)cc2C)C1. The van der Waals surface area contributed by atoms with Crippen LogP contribution >= 0.6 is 0 Å². The van der Waals surface area contributed by atoms with Gasteiger partial charge in [-0.2, -0.15) is 0 Å². The Morgan fingerprint density at radius 1 is 1.21 bits per heavy atom. The lowest BCUT2D eigenvalue weighted by molar-refractivity contribution is -0.00831. The molecule has 2 N–H and O–H groups in total. The minimum atomic E-state index is 0.0884. The number of ether oxygens (including phenoxy) is 1. The maximum atomic E-state index is 6.07. The predicted octanol–water partition coefficient (Wildman–Crippen LogP) is 3.54. The number of aromatic nitrogens is 1. The van der Waals surface area contributed by atoms with Crippen molar-refractivity contribution in [2.24, 2.45) is 4.99 Å². The van der Waals surface area contributed by atoms with Crippen LogP contribution in [0.2, 0.25) is 0 Å². The fourth-order valence-corrected chi connectivity index (χ4v) is 3.68. The van der Waals surface area contributed by atoms with E-state index in [1.165, 1.54) is 16.7 Å². The van der Waals surface area contributed by atoms with Crippen molar-refractivity contribution in [2.75, 3.05) is 45.2 Å². The number of aryl methyl sites for hydroxylation is 2. The summed E-state index contributed by atoms with van der Waals surface area (Å²) in [4.78, 5) is 11.1. The average Bonchev–Trinajstić information content (AvgIpc) is 2.74. The lowest BCUT2D eigenvalue weighted by atomic mass is 10.00. The number of morpholine rings is 1. The van der Waals surface area contributed by atoms with Gasteiger partial charge in [0.15, 0.2) is 5.96 Å². The number of unbranched alkanes of at least 4 members (excludes halogenated alkanes) is 1. The second-order valence-corrected chi connectivity index (χ2v) is 7.49. The molecule has 0 radical (unpaired) electrons. The van der Waals surface area contributed by atoms with Crippen LogP contribution in [0.1, 0.15) is 35.6 Å². The minimum absolute atomic E-state index is 0.0884. The standard InChI is InChI=1S/C23H33N5O/c1-18-9-10-20(19(2)16-18)21-17-28(14-15-29-21)23(24-3)27-13-7-6-12-26-22-8-4-5-11-25-22/h4-5,8-11,16,21H,6-7,12-15,17H2,1-3H3,(H,24,27)(H,25,26). The number of aliphatic imine (C=N–C) groups is 1. The molecule has 1 unspecified atom stereocenters. The lowest BCUT2D eigenvalue weighted by Gasteiger charge is -2.36. The Labute approximate surface area is 174 Å². The molecular weight excluding hydrogens is 362 g/mol. The predicted molar refractivity (Wildman–Crippen MR) is 120 cm³/mol. The van der Waals surface area contributed by atoms with Crippen LogP contribution < -0.4 is 10.6 Å². The average molecular weight is 396 g/mol. The normalized spacial score (nSPS) is 17.3. The summed E-state index contributed by atoms with van der Waals surface area (Å²) in [6.07, 6.45) is 4.05. The third-order valence-corrected chi connectivity index (χ3v) is 5.21.